The number of rotatable bonds is 3. The molecule has 3 N–H and O–H groups in total. The highest BCUT2D eigenvalue weighted by molar-refractivity contribution is 7.80. The Kier molecular flexibility index (Phi) is 5.97. The number of thiocarbonyl (C=S) groups is 1. The molecule has 142 valence electrons. The summed E-state index contributed by atoms with van der Waals surface area (Å²) >= 11 is 10.7. The van der Waals surface area contributed by atoms with Gasteiger partial charge in [-0.15, -0.1) is 0 Å². The summed E-state index contributed by atoms with van der Waals surface area (Å²) in [7, 11) is 0. The van der Waals surface area contributed by atoms with Crippen LogP contribution in [0.3, 0.4) is 0 Å². The largest absolute Gasteiger partial charge is 0.360 e. The first kappa shape index (κ1) is 19.5. The molecule has 0 saturated heterocycles. The van der Waals surface area contributed by atoms with Crippen molar-refractivity contribution in [1.29, 1.82) is 0 Å². The molecule has 0 unspecified atom stereocenters. The van der Waals surface area contributed by atoms with E-state index in [0.717, 1.165) is 5.56 Å². The van der Waals surface area contributed by atoms with Gasteiger partial charge >= 0.3 is 0 Å². The number of hydrogen-bond donors (Lipinski definition) is 3. The maximum atomic E-state index is 12.5. The molecule has 10 heteroatoms. The molecule has 28 heavy (non-hydrogen) atoms. The smallest absolute Gasteiger partial charge is 0.275 e. The highest BCUT2D eigenvalue weighted by Crippen LogP contribution is 2.24. The molecule has 3 rings (SSSR count). The molecule has 2 aromatic heterocycles. The van der Waals surface area contributed by atoms with Gasteiger partial charge in [0.05, 0.1) is 5.56 Å². The Bertz CT molecular complexity index is 1020. The van der Waals surface area contributed by atoms with Gasteiger partial charge in [-0.05, 0) is 31.3 Å². The van der Waals surface area contributed by atoms with Crippen LogP contribution in [0.15, 0.2) is 53.2 Å². The summed E-state index contributed by atoms with van der Waals surface area (Å²) in [5.41, 5.74) is 6.55. The standard InChI is InChI=1S/C18H14ClN5O3S/c1-10-14(15(24-27-10)11-5-3-2-4-6-11)17(26)22-23-18(28)21-16(25)12-7-8-13(19)20-9-12/h2-9H,1H3,(H,22,26)(H2,21,23,25,28). The van der Waals surface area contributed by atoms with Crippen LogP contribution in [0, 0.1) is 6.92 Å². The van der Waals surface area contributed by atoms with Gasteiger partial charge in [0, 0.05) is 11.8 Å². The Hall–Kier alpha value is -3.30. The minimum Gasteiger partial charge on any atom is -0.360 e. The number of amides is 2. The van der Waals surface area contributed by atoms with Crippen LogP contribution in [0.1, 0.15) is 26.5 Å². The Morgan fingerprint density at radius 1 is 1.07 bits per heavy atom. The van der Waals surface area contributed by atoms with Gasteiger partial charge in [0.2, 0.25) is 0 Å². The number of hydrogen-bond acceptors (Lipinski definition) is 6. The summed E-state index contributed by atoms with van der Waals surface area (Å²) in [5.74, 6) is -0.662. The predicted molar refractivity (Wildman–Crippen MR) is 107 cm³/mol. The van der Waals surface area contributed by atoms with Crippen LogP contribution in [-0.2, 0) is 0 Å². The van der Waals surface area contributed by atoms with Crippen molar-refractivity contribution in [2.75, 3.05) is 0 Å². The van der Waals surface area contributed by atoms with Crippen LogP contribution in [0.2, 0.25) is 5.15 Å². The van der Waals surface area contributed by atoms with E-state index in [1.165, 1.54) is 18.3 Å². The normalized spacial score (nSPS) is 10.2. The minimum absolute atomic E-state index is 0.0938. The molecule has 1 aromatic carbocycles. The molecule has 0 atom stereocenters. The number of aromatic nitrogens is 2. The predicted octanol–water partition coefficient (Wildman–Crippen LogP) is 2.65. The summed E-state index contributed by atoms with van der Waals surface area (Å²) in [6, 6.07) is 12.1. The highest BCUT2D eigenvalue weighted by Gasteiger charge is 2.21. The lowest BCUT2D eigenvalue weighted by molar-refractivity contribution is 0.0933. The van der Waals surface area contributed by atoms with Crippen molar-refractivity contribution in [2.45, 2.75) is 6.92 Å². The van der Waals surface area contributed by atoms with Gasteiger partial charge in [0.15, 0.2) is 5.11 Å². The average Bonchev–Trinajstić information content (AvgIpc) is 3.09. The van der Waals surface area contributed by atoms with E-state index in [1.807, 2.05) is 30.3 Å². The molecule has 0 aliphatic rings. The summed E-state index contributed by atoms with van der Waals surface area (Å²) in [4.78, 5) is 28.4. The second-order valence-corrected chi connectivity index (χ2v) is 6.36. The Balaban J connectivity index is 1.63. The first-order chi connectivity index (χ1) is 13.5. The molecular weight excluding hydrogens is 402 g/mol. The fraction of sp³-hybridized carbons (Fsp3) is 0.0556. The van der Waals surface area contributed by atoms with Crippen LogP contribution in [0.5, 0.6) is 0 Å². The number of aryl methyl sites for hydroxylation is 1. The highest BCUT2D eigenvalue weighted by atomic mass is 35.5. The van der Waals surface area contributed by atoms with Gasteiger partial charge in [0.25, 0.3) is 11.8 Å². The molecule has 8 nitrogen and oxygen atoms in total. The van der Waals surface area contributed by atoms with Crippen LogP contribution >= 0.6 is 23.8 Å². The van der Waals surface area contributed by atoms with Crippen LogP contribution in [-0.4, -0.2) is 27.1 Å². The monoisotopic (exact) mass is 415 g/mol. The quantitative estimate of drug-likeness (QED) is 0.342. The SMILES string of the molecule is Cc1onc(-c2ccccc2)c1C(=O)NNC(=S)NC(=O)c1ccc(Cl)nc1. The molecule has 3 aromatic rings. The molecule has 0 radical (unpaired) electrons. The van der Waals surface area contributed by atoms with Gasteiger partial charge in [0.1, 0.15) is 22.2 Å². The first-order valence-corrected chi connectivity index (χ1v) is 8.79. The third-order valence-electron chi connectivity index (χ3n) is 3.64. The van der Waals surface area contributed by atoms with E-state index in [9.17, 15) is 9.59 Å². The zero-order valence-corrected chi connectivity index (χ0v) is 16.1. The van der Waals surface area contributed by atoms with Crippen LogP contribution in [0.4, 0.5) is 0 Å². The molecule has 0 bridgehead atoms. The lowest BCUT2D eigenvalue weighted by Crippen LogP contribution is -2.48. The van der Waals surface area contributed by atoms with Crippen LogP contribution in [0.25, 0.3) is 11.3 Å². The number of carbonyl (C=O) groups excluding carboxylic acids is 2. The van der Waals surface area contributed by atoms with Crippen molar-refractivity contribution in [1.82, 2.24) is 26.3 Å². The average molecular weight is 416 g/mol. The van der Waals surface area contributed by atoms with Crippen molar-refractivity contribution in [3.63, 3.8) is 0 Å². The lowest BCUT2D eigenvalue weighted by atomic mass is 10.1. The van der Waals surface area contributed by atoms with Gasteiger partial charge in [-0.1, -0.05) is 47.1 Å². The molecular formula is C18H14ClN5O3S. The van der Waals surface area contributed by atoms with E-state index < -0.39 is 11.8 Å². The Morgan fingerprint density at radius 3 is 2.50 bits per heavy atom. The number of halogens is 1. The van der Waals surface area contributed by atoms with E-state index in [2.05, 4.69) is 26.3 Å². The van der Waals surface area contributed by atoms with Gasteiger partial charge in [-0.2, -0.15) is 0 Å². The van der Waals surface area contributed by atoms with E-state index >= 15 is 0 Å². The third-order valence-corrected chi connectivity index (χ3v) is 4.07. The maximum Gasteiger partial charge on any atom is 0.275 e. The summed E-state index contributed by atoms with van der Waals surface area (Å²) in [6.45, 7) is 1.63. The topological polar surface area (TPSA) is 109 Å². The number of hydrazine groups is 1. The minimum atomic E-state index is -0.512. The van der Waals surface area contributed by atoms with Crippen molar-refractivity contribution in [3.8, 4) is 11.3 Å². The fourth-order valence-electron chi connectivity index (χ4n) is 2.33. The number of nitrogens with zero attached hydrogens (tertiary/aromatic N) is 2. The van der Waals surface area contributed by atoms with E-state index in [1.54, 1.807) is 6.92 Å². The molecule has 2 heterocycles. The second kappa shape index (κ2) is 8.59. The van der Waals surface area contributed by atoms with E-state index in [0.29, 0.717) is 11.5 Å². The molecule has 0 aliphatic carbocycles. The molecule has 0 saturated carbocycles. The van der Waals surface area contributed by atoms with Gasteiger partial charge in [-0.25, -0.2) is 4.98 Å². The second-order valence-electron chi connectivity index (χ2n) is 5.56. The zero-order chi connectivity index (χ0) is 20.1. The van der Waals surface area contributed by atoms with Gasteiger partial charge < -0.3 is 4.52 Å². The summed E-state index contributed by atoms with van der Waals surface area (Å²) < 4.78 is 5.15. The van der Waals surface area contributed by atoms with Crippen molar-refractivity contribution >= 4 is 40.7 Å². The Labute approximate surface area is 170 Å². The fourth-order valence-corrected chi connectivity index (χ4v) is 2.58. The summed E-state index contributed by atoms with van der Waals surface area (Å²) in [5, 5.41) is 6.54. The van der Waals surface area contributed by atoms with Crippen molar-refractivity contribution in [3.05, 3.63) is 70.7 Å². The molecule has 0 spiro atoms. The number of benzene rings is 1. The number of carbonyl (C=O) groups is 2. The maximum absolute atomic E-state index is 12.5. The van der Waals surface area contributed by atoms with E-state index in [4.69, 9.17) is 28.3 Å². The van der Waals surface area contributed by atoms with E-state index in [-0.39, 0.29) is 21.4 Å². The van der Waals surface area contributed by atoms with Crippen molar-refractivity contribution < 1.29 is 14.1 Å². The molecule has 0 fully saturated rings. The van der Waals surface area contributed by atoms with Gasteiger partial charge in [-0.3, -0.25) is 25.8 Å². The molecule has 0 aliphatic heterocycles. The van der Waals surface area contributed by atoms with Crippen LogP contribution < -0.4 is 16.2 Å². The summed E-state index contributed by atoms with van der Waals surface area (Å²) in [6.07, 6.45) is 1.31. The number of nitrogens with one attached hydrogen (secondary N) is 3. The zero-order valence-electron chi connectivity index (χ0n) is 14.5. The van der Waals surface area contributed by atoms with Crippen molar-refractivity contribution in [2.24, 2.45) is 0 Å². The molecule has 2 amide bonds. The number of pyridine rings is 1. The lowest BCUT2D eigenvalue weighted by Gasteiger charge is -2.11. The Morgan fingerprint density at radius 2 is 1.82 bits per heavy atom. The first-order valence-electron chi connectivity index (χ1n) is 8.00. The third kappa shape index (κ3) is 4.51.